The third kappa shape index (κ3) is 1.95. The Morgan fingerprint density at radius 1 is 1.30 bits per heavy atom. The number of hydrogen-bond acceptors (Lipinski definition) is 1. The van der Waals surface area contributed by atoms with E-state index >= 15 is 0 Å². The Hall–Kier alpha value is -1.69. The molecule has 3 rings (SSSR count). The van der Waals surface area contributed by atoms with E-state index in [-0.39, 0.29) is 11.5 Å². The minimum Gasteiger partial charge on any atom is -0.352 e. The van der Waals surface area contributed by atoms with Gasteiger partial charge in [0.15, 0.2) is 0 Å². The number of fused-ring (bicyclic) bond motifs is 1. The zero-order valence-electron chi connectivity index (χ0n) is 10.6. The Morgan fingerprint density at radius 3 is 2.75 bits per heavy atom. The van der Waals surface area contributed by atoms with Crippen LogP contribution in [0.25, 0.3) is 11.1 Å². The van der Waals surface area contributed by atoms with Gasteiger partial charge < -0.3 is 9.88 Å². The van der Waals surface area contributed by atoms with E-state index in [4.69, 9.17) is 0 Å². The maximum absolute atomic E-state index is 14.0. The number of nitrogens with zero attached hydrogens (tertiary/aromatic N) is 1. The summed E-state index contributed by atoms with van der Waals surface area (Å²) in [4.78, 5) is 16.9. The molecule has 20 heavy (non-hydrogen) atoms. The lowest BCUT2D eigenvalue weighted by Crippen LogP contribution is -2.34. The van der Waals surface area contributed by atoms with Crippen LogP contribution in [0.4, 0.5) is 8.78 Å². The molecule has 3 nitrogen and oxygen atoms in total. The number of carbonyl (C=O) groups excluding carboxylic acids is 1. The Morgan fingerprint density at radius 2 is 2.05 bits per heavy atom. The highest BCUT2D eigenvalue weighted by Gasteiger charge is 2.30. The zero-order chi connectivity index (χ0) is 14.4. The van der Waals surface area contributed by atoms with Gasteiger partial charge in [-0.3, -0.25) is 4.79 Å². The second-order valence-electron chi connectivity index (χ2n) is 4.77. The lowest BCUT2D eigenvalue weighted by molar-refractivity contribution is 0.0781. The van der Waals surface area contributed by atoms with Crippen LogP contribution < -0.4 is 0 Å². The second kappa shape index (κ2) is 4.70. The predicted molar refractivity (Wildman–Crippen MR) is 74.5 cm³/mol. The minimum atomic E-state index is -0.687. The monoisotopic (exact) mass is 340 g/mol. The molecule has 0 unspecified atom stereocenters. The summed E-state index contributed by atoms with van der Waals surface area (Å²) in [6.45, 7) is 0.615. The number of rotatable bonds is 1. The molecule has 0 spiro atoms. The molecule has 0 fully saturated rings. The normalized spacial score (nSPS) is 14.6. The van der Waals surface area contributed by atoms with Gasteiger partial charge in [-0.05, 0) is 28.1 Å². The topological polar surface area (TPSA) is 36.1 Å². The summed E-state index contributed by atoms with van der Waals surface area (Å²) in [7, 11) is 1.71. The minimum absolute atomic E-state index is 0.160. The van der Waals surface area contributed by atoms with E-state index in [0.717, 1.165) is 11.8 Å². The first-order valence-electron chi connectivity index (χ1n) is 6.10. The number of carbonyl (C=O) groups is 1. The quantitative estimate of drug-likeness (QED) is 0.849. The maximum Gasteiger partial charge on any atom is 0.256 e. The number of likely N-dealkylation sites (N-methyl/N-ethyl adjacent to an activating group) is 1. The molecular formula is C14H11BrF2N2O. The number of aromatic amines is 1. The van der Waals surface area contributed by atoms with Crippen molar-refractivity contribution in [1.82, 2.24) is 9.88 Å². The Labute approximate surface area is 122 Å². The number of H-pyrrole nitrogens is 1. The molecule has 0 saturated heterocycles. The van der Waals surface area contributed by atoms with Crippen LogP contribution in [-0.2, 0) is 6.42 Å². The molecule has 0 aliphatic carbocycles. The number of amides is 1. The second-order valence-corrected chi connectivity index (χ2v) is 5.56. The third-order valence-corrected chi connectivity index (χ3v) is 4.08. The molecule has 0 bridgehead atoms. The Kier molecular flexibility index (Phi) is 3.12. The average molecular weight is 341 g/mol. The molecule has 0 saturated carbocycles. The van der Waals surface area contributed by atoms with Gasteiger partial charge in [0.2, 0.25) is 0 Å². The smallest absolute Gasteiger partial charge is 0.256 e. The first kappa shape index (κ1) is 13.3. The number of nitrogens with one attached hydrogen (secondary N) is 1. The largest absolute Gasteiger partial charge is 0.352 e. The van der Waals surface area contributed by atoms with Crippen LogP contribution in [0.5, 0.6) is 0 Å². The summed E-state index contributed by atoms with van der Waals surface area (Å²) >= 11 is 3.33. The highest BCUT2D eigenvalue weighted by molar-refractivity contribution is 9.10. The fourth-order valence-electron chi connectivity index (χ4n) is 2.46. The highest BCUT2D eigenvalue weighted by atomic mass is 79.9. The van der Waals surface area contributed by atoms with Gasteiger partial charge in [-0.1, -0.05) is 0 Å². The van der Waals surface area contributed by atoms with Crippen molar-refractivity contribution in [3.05, 3.63) is 45.7 Å². The van der Waals surface area contributed by atoms with Crippen LogP contribution in [0.15, 0.2) is 22.8 Å². The first-order chi connectivity index (χ1) is 9.49. The lowest BCUT2D eigenvalue weighted by Gasteiger charge is -2.23. The Bertz CT molecular complexity index is 711. The van der Waals surface area contributed by atoms with E-state index in [1.807, 2.05) is 0 Å². The number of benzene rings is 1. The lowest BCUT2D eigenvalue weighted by atomic mass is 9.98. The van der Waals surface area contributed by atoms with Crippen molar-refractivity contribution in [1.29, 1.82) is 0 Å². The van der Waals surface area contributed by atoms with E-state index in [2.05, 4.69) is 20.9 Å². The first-order valence-corrected chi connectivity index (χ1v) is 6.89. The molecule has 1 N–H and O–H groups in total. The van der Waals surface area contributed by atoms with Crippen molar-refractivity contribution >= 4 is 21.8 Å². The molecule has 0 atom stereocenters. The molecule has 1 amide bonds. The van der Waals surface area contributed by atoms with Crippen molar-refractivity contribution in [2.45, 2.75) is 6.42 Å². The number of aromatic nitrogens is 1. The average Bonchev–Trinajstić information content (AvgIpc) is 2.72. The van der Waals surface area contributed by atoms with Crippen molar-refractivity contribution in [3.63, 3.8) is 0 Å². The van der Waals surface area contributed by atoms with Gasteiger partial charge in [0.25, 0.3) is 5.91 Å². The van der Waals surface area contributed by atoms with E-state index in [1.54, 1.807) is 11.9 Å². The van der Waals surface area contributed by atoms with Gasteiger partial charge in [0.1, 0.15) is 11.6 Å². The molecule has 104 valence electrons. The third-order valence-electron chi connectivity index (χ3n) is 3.49. The summed E-state index contributed by atoms with van der Waals surface area (Å²) in [6.07, 6.45) is 0.680. The van der Waals surface area contributed by atoms with Gasteiger partial charge in [0.05, 0.1) is 10.2 Å². The molecule has 1 aliphatic rings. The van der Waals surface area contributed by atoms with Gasteiger partial charge in [0, 0.05) is 42.9 Å². The zero-order valence-corrected chi connectivity index (χ0v) is 12.2. The van der Waals surface area contributed by atoms with Crippen LogP contribution in [0.3, 0.4) is 0 Å². The molecule has 1 aromatic heterocycles. The summed E-state index contributed by atoms with van der Waals surface area (Å²) in [5.74, 6) is -1.49. The molecule has 6 heteroatoms. The standard InChI is InChI=1S/C14H11BrF2N2O/c1-19-5-4-10-12(14(19)20)11(13(15)18-10)8-3-2-7(16)6-9(8)17/h2-3,6,18H,4-5H2,1H3. The molecular weight excluding hydrogens is 330 g/mol. The maximum atomic E-state index is 14.0. The molecule has 1 aromatic carbocycles. The molecule has 1 aliphatic heterocycles. The van der Waals surface area contributed by atoms with E-state index < -0.39 is 11.6 Å². The van der Waals surface area contributed by atoms with Gasteiger partial charge in [-0.2, -0.15) is 0 Å². The van der Waals surface area contributed by atoms with Crippen LogP contribution in [0.2, 0.25) is 0 Å². The number of halogens is 3. The van der Waals surface area contributed by atoms with Crippen LogP contribution in [-0.4, -0.2) is 29.4 Å². The van der Waals surface area contributed by atoms with Gasteiger partial charge in [-0.15, -0.1) is 0 Å². The van der Waals surface area contributed by atoms with Gasteiger partial charge >= 0.3 is 0 Å². The van der Waals surface area contributed by atoms with Crippen molar-refractivity contribution in [2.75, 3.05) is 13.6 Å². The fraction of sp³-hybridized carbons (Fsp3) is 0.214. The van der Waals surface area contributed by atoms with Crippen LogP contribution in [0.1, 0.15) is 16.1 Å². The van der Waals surface area contributed by atoms with Crippen molar-refractivity contribution in [3.8, 4) is 11.1 Å². The fourth-order valence-corrected chi connectivity index (χ4v) is 3.11. The predicted octanol–water partition coefficient (Wildman–Crippen LogP) is 3.35. The SMILES string of the molecule is CN1CCc2[nH]c(Br)c(-c3ccc(F)cc3F)c2C1=O. The van der Waals surface area contributed by atoms with Gasteiger partial charge in [-0.25, -0.2) is 8.78 Å². The number of hydrogen-bond donors (Lipinski definition) is 1. The summed E-state index contributed by atoms with van der Waals surface area (Å²) < 4.78 is 27.6. The van der Waals surface area contributed by atoms with E-state index in [0.29, 0.717) is 28.7 Å². The van der Waals surface area contributed by atoms with E-state index in [1.165, 1.54) is 12.1 Å². The Balaban J connectivity index is 2.25. The van der Waals surface area contributed by atoms with Crippen molar-refractivity contribution in [2.24, 2.45) is 0 Å². The molecule has 2 heterocycles. The molecule has 2 aromatic rings. The summed E-state index contributed by atoms with van der Waals surface area (Å²) in [6, 6.07) is 3.35. The summed E-state index contributed by atoms with van der Waals surface area (Å²) in [5, 5.41) is 0. The van der Waals surface area contributed by atoms with Crippen molar-refractivity contribution < 1.29 is 13.6 Å². The van der Waals surface area contributed by atoms with Crippen LogP contribution in [0, 0.1) is 11.6 Å². The molecule has 0 radical (unpaired) electrons. The van der Waals surface area contributed by atoms with Crippen LogP contribution >= 0.6 is 15.9 Å². The summed E-state index contributed by atoms with van der Waals surface area (Å²) in [5.41, 5.74) is 1.89. The highest BCUT2D eigenvalue weighted by Crippen LogP contribution is 2.37. The van der Waals surface area contributed by atoms with E-state index in [9.17, 15) is 13.6 Å².